The van der Waals surface area contributed by atoms with Gasteiger partial charge in [-0.05, 0) is 0 Å². The summed E-state index contributed by atoms with van der Waals surface area (Å²) in [6, 6.07) is -0.338. The number of nitrogens with one attached hydrogen (secondary N) is 1. The van der Waals surface area contributed by atoms with Crippen molar-refractivity contribution in [2.45, 2.75) is 12.1 Å². The van der Waals surface area contributed by atoms with E-state index in [1.165, 1.54) is 6.08 Å². The third kappa shape index (κ3) is 1.13. The quantitative estimate of drug-likeness (QED) is 0.311. The van der Waals surface area contributed by atoms with E-state index in [4.69, 9.17) is 6.42 Å². The average molecular weight is 151 g/mol. The van der Waals surface area contributed by atoms with Gasteiger partial charge in [0.15, 0.2) is 0 Å². The van der Waals surface area contributed by atoms with Gasteiger partial charge in [-0.3, -0.25) is 4.79 Å². The molecule has 3 nitrogen and oxygen atoms in total. The Bertz CT molecular complexity index is 229. The van der Waals surface area contributed by atoms with E-state index in [0.29, 0.717) is 0 Å². The molecule has 1 saturated heterocycles. The molecule has 0 aromatic carbocycles. The molecule has 0 bridgehead atoms. The van der Waals surface area contributed by atoms with Gasteiger partial charge in [0.05, 0.1) is 12.0 Å². The highest BCUT2D eigenvalue weighted by molar-refractivity contribution is 5.87. The minimum Gasteiger partial charge on any atom is -0.388 e. The van der Waals surface area contributed by atoms with E-state index < -0.39 is 12.0 Å². The SMILES string of the molecule is C#C[C@@H]1NC(=O)[C@H]1[C@H](O)C=C. The fraction of sp³-hybridized carbons (Fsp3) is 0.375. The Balaban J connectivity index is 2.63. The van der Waals surface area contributed by atoms with Crippen molar-refractivity contribution in [1.82, 2.24) is 5.32 Å². The number of terminal acetylenes is 1. The molecule has 1 aliphatic heterocycles. The van der Waals surface area contributed by atoms with Gasteiger partial charge in [0, 0.05) is 0 Å². The van der Waals surface area contributed by atoms with Crippen LogP contribution < -0.4 is 5.32 Å². The molecule has 3 atom stereocenters. The van der Waals surface area contributed by atoms with Crippen LogP contribution in [0.15, 0.2) is 12.7 Å². The highest BCUT2D eigenvalue weighted by Gasteiger charge is 2.41. The van der Waals surface area contributed by atoms with Gasteiger partial charge in [0.1, 0.15) is 6.04 Å². The van der Waals surface area contributed by atoms with Gasteiger partial charge in [-0.1, -0.05) is 12.0 Å². The summed E-state index contributed by atoms with van der Waals surface area (Å²) < 4.78 is 0. The summed E-state index contributed by atoms with van der Waals surface area (Å²) in [7, 11) is 0. The van der Waals surface area contributed by atoms with E-state index in [9.17, 15) is 9.90 Å². The van der Waals surface area contributed by atoms with Gasteiger partial charge in [-0.25, -0.2) is 0 Å². The fourth-order valence-electron chi connectivity index (χ4n) is 1.04. The van der Waals surface area contributed by atoms with Gasteiger partial charge < -0.3 is 10.4 Å². The Morgan fingerprint density at radius 1 is 1.91 bits per heavy atom. The third-order valence-corrected chi connectivity index (χ3v) is 1.75. The van der Waals surface area contributed by atoms with Gasteiger partial charge in [0.2, 0.25) is 5.91 Å². The van der Waals surface area contributed by atoms with E-state index >= 15 is 0 Å². The Morgan fingerprint density at radius 3 is 2.91 bits per heavy atom. The normalized spacial score (nSPS) is 31.1. The summed E-state index contributed by atoms with van der Waals surface area (Å²) in [6.45, 7) is 3.37. The van der Waals surface area contributed by atoms with Crippen LogP contribution in [0.3, 0.4) is 0 Å². The summed E-state index contributed by atoms with van der Waals surface area (Å²) in [5.74, 6) is 1.65. The molecule has 58 valence electrons. The highest BCUT2D eigenvalue weighted by atomic mass is 16.3. The summed E-state index contributed by atoms with van der Waals surface area (Å²) in [5.41, 5.74) is 0. The van der Waals surface area contributed by atoms with Crippen LogP contribution in [-0.2, 0) is 4.79 Å². The number of rotatable bonds is 2. The molecule has 1 heterocycles. The zero-order valence-corrected chi connectivity index (χ0v) is 5.95. The van der Waals surface area contributed by atoms with Crippen molar-refractivity contribution in [2.75, 3.05) is 0 Å². The number of carbonyl (C=O) groups excluding carboxylic acids is 1. The number of carbonyl (C=O) groups is 1. The first kappa shape index (κ1) is 7.83. The van der Waals surface area contributed by atoms with Gasteiger partial charge >= 0.3 is 0 Å². The van der Waals surface area contributed by atoms with Crippen LogP contribution in [0.5, 0.6) is 0 Å². The molecule has 11 heavy (non-hydrogen) atoms. The number of aliphatic hydroxyl groups excluding tert-OH is 1. The molecular weight excluding hydrogens is 142 g/mol. The lowest BCUT2D eigenvalue weighted by atomic mass is 9.86. The molecule has 0 radical (unpaired) electrons. The summed E-state index contributed by atoms with van der Waals surface area (Å²) >= 11 is 0. The monoisotopic (exact) mass is 151 g/mol. The zero-order chi connectivity index (χ0) is 8.43. The molecule has 1 aliphatic rings. The van der Waals surface area contributed by atoms with Crippen LogP contribution in [0, 0.1) is 18.3 Å². The van der Waals surface area contributed by atoms with Crippen molar-refractivity contribution in [3.05, 3.63) is 12.7 Å². The summed E-state index contributed by atoms with van der Waals surface area (Å²) in [4.78, 5) is 10.8. The Morgan fingerprint density at radius 2 is 2.55 bits per heavy atom. The van der Waals surface area contributed by atoms with Crippen molar-refractivity contribution in [3.8, 4) is 12.3 Å². The Labute approximate surface area is 65.1 Å². The molecule has 1 fully saturated rings. The second-order valence-corrected chi connectivity index (χ2v) is 2.41. The van der Waals surface area contributed by atoms with Crippen molar-refractivity contribution < 1.29 is 9.90 Å². The van der Waals surface area contributed by atoms with Crippen LogP contribution in [0.1, 0.15) is 0 Å². The molecule has 0 aromatic rings. The summed E-state index contributed by atoms with van der Waals surface area (Å²) in [6.07, 6.45) is 5.55. The standard InChI is InChI=1S/C8H9NO2/c1-3-5-7(6(10)4-2)8(11)9-5/h1,4-7,10H,2H2,(H,9,11)/t5-,6+,7+/m0/s1. The second kappa shape index (κ2) is 2.77. The molecule has 3 heteroatoms. The molecule has 1 amide bonds. The number of hydrogen-bond acceptors (Lipinski definition) is 2. The Hall–Kier alpha value is -1.27. The minimum absolute atomic E-state index is 0.208. The topological polar surface area (TPSA) is 49.3 Å². The van der Waals surface area contributed by atoms with E-state index in [0.717, 1.165) is 0 Å². The first-order valence-corrected chi connectivity index (χ1v) is 3.28. The maximum Gasteiger partial charge on any atom is 0.230 e. The Kier molecular flexibility index (Phi) is 1.97. The van der Waals surface area contributed by atoms with Gasteiger partial charge in [-0.15, -0.1) is 13.0 Å². The molecule has 0 unspecified atom stereocenters. The average Bonchev–Trinajstić information content (AvgIpc) is 1.99. The lowest BCUT2D eigenvalue weighted by Crippen LogP contribution is -2.61. The van der Waals surface area contributed by atoms with Crippen LogP contribution in [0.25, 0.3) is 0 Å². The van der Waals surface area contributed by atoms with Crippen molar-refractivity contribution in [1.29, 1.82) is 0 Å². The molecule has 2 N–H and O–H groups in total. The zero-order valence-electron chi connectivity index (χ0n) is 5.95. The molecule has 0 spiro atoms. The van der Waals surface area contributed by atoms with E-state index in [-0.39, 0.29) is 11.9 Å². The fourth-order valence-corrected chi connectivity index (χ4v) is 1.04. The number of hydrogen-bond donors (Lipinski definition) is 2. The first-order valence-electron chi connectivity index (χ1n) is 3.28. The maximum absolute atomic E-state index is 10.8. The van der Waals surface area contributed by atoms with E-state index in [1.807, 2.05) is 0 Å². The van der Waals surface area contributed by atoms with Crippen molar-refractivity contribution in [3.63, 3.8) is 0 Å². The number of aliphatic hydroxyl groups is 1. The maximum atomic E-state index is 10.8. The second-order valence-electron chi connectivity index (χ2n) is 2.41. The third-order valence-electron chi connectivity index (χ3n) is 1.75. The highest BCUT2D eigenvalue weighted by Crippen LogP contribution is 2.18. The predicted octanol–water partition coefficient (Wildman–Crippen LogP) is -0.719. The van der Waals surface area contributed by atoms with E-state index in [2.05, 4.69) is 17.8 Å². The first-order chi connectivity index (χ1) is 5.20. The van der Waals surface area contributed by atoms with Crippen LogP contribution >= 0.6 is 0 Å². The number of amides is 1. The van der Waals surface area contributed by atoms with Crippen LogP contribution in [0.2, 0.25) is 0 Å². The van der Waals surface area contributed by atoms with Crippen molar-refractivity contribution >= 4 is 5.91 Å². The van der Waals surface area contributed by atoms with E-state index in [1.54, 1.807) is 0 Å². The number of β-lactam (4-membered cyclic amide) rings is 1. The molecule has 1 rings (SSSR count). The van der Waals surface area contributed by atoms with Gasteiger partial charge in [-0.2, -0.15) is 0 Å². The predicted molar refractivity (Wildman–Crippen MR) is 40.5 cm³/mol. The largest absolute Gasteiger partial charge is 0.388 e. The van der Waals surface area contributed by atoms with Gasteiger partial charge in [0.25, 0.3) is 0 Å². The molecule has 0 saturated carbocycles. The lowest BCUT2D eigenvalue weighted by molar-refractivity contribution is -0.137. The molecule has 0 aliphatic carbocycles. The van der Waals surface area contributed by atoms with Crippen LogP contribution in [-0.4, -0.2) is 23.2 Å². The van der Waals surface area contributed by atoms with Crippen molar-refractivity contribution in [2.24, 2.45) is 5.92 Å². The molecule has 0 aromatic heterocycles. The summed E-state index contributed by atoms with van der Waals surface area (Å²) in [5, 5.41) is 11.7. The smallest absolute Gasteiger partial charge is 0.230 e. The van der Waals surface area contributed by atoms with Crippen LogP contribution in [0.4, 0.5) is 0 Å². The lowest BCUT2D eigenvalue weighted by Gasteiger charge is -2.34. The minimum atomic E-state index is -0.829. The molecular formula is C8H9NO2.